The fourth-order valence-electron chi connectivity index (χ4n) is 1.62. The Balaban J connectivity index is 2.59. The normalized spacial score (nSPS) is 12.5. The molecule has 1 rings (SSSR count). The van der Waals surface area contributed by atoms with Crippen LogP contribution in [-0.4, -0.2) is 11.6 Å². The van der Waals surface area contributed by atoms with Crippen molar-refractivity contribution in [3.63, 3.8) is 0 Å². The SMILES string of the molecule is CCCCC(CC)COc1nc(F)c(F)cc1F. The third-order valence-corrected chi connectivity index (χ3v) is 2.85. The molecule has 1 aromatic heterocycles. The zero-order chi connectivity index (χ0) is 13.5. The molecule has 0 N–H and O–H groups in total. The minimum Gasteiger partial charge on any atom is -0.475 e. The fraction of sp³-hybridized carbons (Fsp3) is 0.615. The molecule has 2 nitrogen and oxygen atoms in total. The Morgan fingerprint density at radius 1 is 1.22 bits per heavy atom. The van der Waals surface area contributed by atoms with Crippen LogP contribution in [0.4, 0.5) is 13.2 Å². The van der Waals surface area contributed by atoms with Gasteiger partial charge in [-0.15, -0.1) is 0 Å². The van der Waals surface area contributed by atoms with Crippen LogP contribution in [0.1, 0.15) is 39.5 Å². The molecule has 0 amide bonds. The van der Waals surface area contributed by atoms with E-state index in [1.165, 1.54) is 0 Å². The number of hydrogen-bond donors (Lipinski definition) is 0. The van der Waals surface area contributed by atoms with Crippen molar-refractivity contribution in [2.24, 2.45) is 5.92 Å². The number of aromatic nitrogens is 1. The second-order valence-electron chi connectivity index (χ2n) is 4.28. The van der Waals surface area contributed by atoms with Gasteiger partial charge in [0.1, 0.15) is 0 Å². The smallest absolute Gasteiger partial charge is 0.253 e. The lowest BCUT2D eigenvalue weighted by atomic mass is 10.0. The summed E-state index contributed by atoms with van der Waals surface area (Å²) in [5.41, 5.74) is 0. The Bertz CT molecular complexity index is 385. The lowest BCUT2D eigenvalue weighted by molar-refractivity contribution is 0.212. The number of ether oxygens (including phenoxy) is 1. The molecule has 18 heavy (non-hydrogen) atoms. The lowest BCUT2D eigenvalue weighted by Gasteiger charge is -2.15. The van der Waals surface area contributed by atoms with Gasteiger partial charge in [-0.25, -0.2) is 8.78 Å². The first-order chi connectivity index (χ1) is 8.58. The van der Waals surface area contributed by atoms with Crippen LogP contribution in [0.5, 0.6) is 5.88 Å². The summed E-state index contributed by atoms with van der Waals surface area (Å²) in [6.07, 6.45) is 4.01. The van der Waals surface area contributed by atoms with E-state index < -0.39 is 23.5 Å². The highest BCUT2D eigenvalue weighted by Gasteiger charge is 2.14. The van der Waals surface area contributed by atoms with E-state index in [4.69, 9.17) is 4.74 Å². The second-order valence-corrected chi connectivity index (χ2v) is 4.28. The van der Waals surface area contributed by atoms with Crippen LogP contribution in [0, 0.1) is 23.5 Å². The quantitative estimate of drug-likeness (QED) is 0.689. The maximum absolute atomic E-state index is 13.2. The maximum Gasteiger partial charge on any atom is 0.253 e. The van der Waals surface area contributed by atoms with Gasteiger partial charge in [0.05, 0.1) is 6.61 Å². The van der Waals surface area contributed by atoms with Crippen molar-refractivity contribution in [2.45, 2.75) is 39.5 Å². The topological polar surface area (TPSA) is 22.1 Å². The van der Waals surface area contributed by atoms with Crippen LogP contribution in [0.3, 0.4) is 0 Å². The fourth-order valence-corrected chi connectivity index (χ4v) is 1.62. The van der Waals surface area contributed by atoms with Gasteiger partial charge in [0.15, 0.2) is 11.6 Å². The van der Waals surface area contributed by atoms with Gasteiger partial charge < -0.3 is 4.74 Å². The molecule has 0 aliphatic heterocycles. The predicted octanol–water partition coefficient (Wildman–Crippen LogP) is 4.09. The highest BCUT2D eigenvalue weighted by atomic mass is 19.2. The number of halogens is 3. The largest absolute Gasteiger partial charge is 0.475 e. The van der Waals surface area contributed by atoms with Crippen LogP contribution in [0.15, 0.2) is 6.07 Å². The molecule has 0 radical (unpaired) electrons. The summed E-state index contributed by atoms with van der Waals surface area (Å²) < 4.78 is 43.9. The summed E-state index contributed by atoms with van der Waals surface area (Å²) >= 11 is 0. The minimum atomic E-state index is -1.34. The van der Waals surface area contributed by atoms with Gasteiger partial charge in [-0.05, 0) is 12.3 Å². The maximum atomic E-state index is 13.2. The summed E-state index contributed by atoms with van der Waals surface area (Å²) in [5, 5.41) is 0. The summed E-state index contributed by atoms with van der Waals surface area (Å²) in [4.78, 5) is 3.12. The second kappa shape index (κ2) is 7.24. The van der Waals surface area contributed by atoms with E-state index in [-0.39, 0.29) is 12.5 Å². The van der Waals surface area contributed by atoms with Crippen molar-refractivity contribution in [2.75, 3.05) is 6.61 Å². The van der Waals surface area contributed by atoms with Gasteiger partial charge in [0, 0.05) is 6.07 Å². The molecule has 0 bridgehead atoms. The number of rotatable bonds is 7. The van der Waals surface area contributed by atoms with Crippen molar-refractivity contribution >= 4 is 0 Å². The van der Waals surface area contributed by atoms with Gasteiger partial charge in [-0.2, -0.15) is 9.37 Å². The van der Waals surface area contributed by atoms with Crippen molar-refractivity contribution in [1.29, 1.82) is 0 Å². The average Bonchev–Trinajstić information content (AvgIpc) is 2.35. The molecular weight excluding hydrogens is 243 g/mol. The van der Waals surface area contributed by atoms with E-state index in [2.05, 4.69) is 11.9 Å². The Morgan fingerprint density at radius 3 is 2.56 bits per heavy atom. The zero-order valence-electron chi connectivity index (χ0n) is 10.7. The standard InChI is InChI=1S/C13H18F3NO/c1-3-5-6-9(4-2)8-18-13-11(15)7-10(14)12(16)17-13/h7,9H,3-6,8H2,1-2H3. The summed E-state index contributed by atoms with van der Waals surface area (Å²) in [6.45, 7) is 4.37. The number of hydrogen-bond acceptors (Lipinski definition) is 2. The third kappa shape index (κ3) is 4.20. The molecule has 0 aromatic carbocycles. The lowest BCUT2D eigenvalue weighted by Crippen LogP contribution is -2.13. The first-order valence-corrected chi connectivity index (χ1v) is 6.22. The van der Waals surface area contributed by atoms with Crippen molar-refractivity contribution in [1.82, 2.24) is 4.98 Å². The Labute approximate surface area is 105 Å². The highest BCUT2D eigenvalue weighted by molar-refractivity contribution is 5.15. The molecule has 1 heterocycles. The van der Waals surface area contributed by atoms with E-state index in [9.17, 15) is 13.2 Å². The van der Waals surface area contributed by atoms with Gasteiger partial charge in [-0.3, -0.25) is 0 Å². The molecule has 1 atom stereocenters. The number of unbranched alkanes of at least 4 members (excludes halogenated alkanes) is 1. The zero-order valence-corrected chi connectivity index (χ0v) is 10.7. The van der Waals surface area contributed by atoms with E-state index >= 15 is 0 Å². The molecular formula is C13H18F3NO. The predicted molar refractivity (Wildman–Crippen MR) is 62.9 cm³/mol. The summed E-state index contributed by atoms with van der Waals surface area (Å²) in [6, 6.07) is 0.449. The van der Waals surface area contributed by atoms with Crippen molar-refractivity contribution in [3.8, 4) is 5.88 Å². The molecule has 5 heteroatoms. The van der Waals surface area contributed by atoms with Gasteiger partial charge in [0.2, 0.25) is 0 Å². The Kier molecular flexibility index (Phi) is 5.95. The average molecular weight is 261 g/mol. The van der Waals surface area contributed by atoms with E-state index in [0.717, 1.165) is 25.7 Å². The molecule has 0 saturated heterocycles. The van der Waals surface area contributed by atoms with Crippen LogP contribution in [0.2, 0.25) is 0 Å². The van der Waals surface area contributed by atoms with Crippen LogP contribution >= 0.6 is 0 Å². The van der Waals surface area contributed by atoms with Crippen LogP contribution in [-0.2, 0) is 0 Å². The first kappa shape index (κ1) is 14.8. The van der Waals surface area contributed by atoms with Crippen molar-refractivity contribution in [3.05, 3.63) is 23.6 Å². The molecule has 0 aliphatic carbocycles. The van der Waals surface area contributed by atoms with Gasteiger partial charge in [-0.1, -0.05) is 33.1 Å². The molecule has 0 saturated carbocycles. The number of pyridine rings is 1. The summed E-state index contributed by atoms with van der Waals surface area (Å²) in [7, 11) is 0. The van der Waals surface area contributed by atoms with Gasteiger partial charge in [0.25, 0.3) is 11.8 Å². The molecule has 102 valence electrons. The summed E-state index contributed by atoms with van der Waals surface area (Å²) in [5.74, 6) is -3.81. The molecule has 1 aromatic rings. The molecule has 1 unspecified atom stereocenters. The minimum absolute atomic E-state index is 0.269. The van der Waals surface area contributed by atoms with Crippen LogP contribution in [0.25, 0.3) is 0 Å². The molecule has 0 aliphatic rings. The van der Waals surface area contributed by atoms with E-state index in [1.54, 1.807) is 0 Å². The third-order valence-electron chi connectivity index (χ3n) is 2.85. The number of nitrogens with zero attached hydrogens (tertiary/aromatic N) is 1. The van der Waals surface area contributed by atoms with Gasteiger partial charge >= 0.3 is 0 Å². The van der Waals surface area contributed by atoms with Crippen LogP contribution < -0.4 is 4.74 Å². The van der Waals surface area contributed by atoms with E-state index in [1.807, 2.05) is 6.92 Å². The molecule has 0 spiro atoms. The van der Waals surface area contributed by atoms with Crippen molar-refractivity contribution < 1.29 is 17.9 Å². The molecule has 0 fully saturated rings. The Morgan fingerprint density at radius 2 is 1.94 bits per heavy atom. The monoisotopic (exact) mass is 261 g/mol. The Hall–Kier alpha value is -1.26. The first-order valence-electron chi connectivity index (χ1n) is 6.22. The highest BCUT2D eigenvalue weighted by Crippen LogP contribution is 2.19. The van der Waals surface area contributed by atoms with E-state index in [0.29, 0.717) is 6.07 Å².